The first kappa shape index (κ1) is 11.9. The van der Waals surface area contributed by atoms with Crippen molar-refractivity contribution >= 4 is 11.6 Å². The molecule has 0 fully saturated rings. The number of aromatic nitrogens is 2. The van der Waals surface area contributed by atoms with Gasteiger partial charge in [-0.1, -0.05) is 12.1 Å². The van der Waals surface area contributed by atoms with Gasteiger partial charge in [-0.05, 0) is 12.1 Å². The number of nitrogens with one attached hydrogen (secondary N) is 2. The van der Waals surface area contributed by atoms with Crippen LogP contribution < -0.4 is 15.4 Å². The van der Waals surface area contributed by atoms with E-state index < -0.39 is 0 Å². The van der Waals surface area contributed by atoms with Gasteiger partial charge >= 0.3 is 0 Å². The molecule has 19 heavy (non-hydrogen) atoms. The number of halogens is 1. The lowest BCUT2D eigenvalue weighted by Gasteiger charge is -2.10. The minimum Gasteiger partial charge on any atom is -0.481 e. The second kappa shape index (κ2) is 4.81. The van der Waals surface area contributed by atoms with E-state index in [-0.39, 0.29) is 5.82 Å². The van der Waals surface area contributed by atoms with Crippen molar-refractivity contribution in [3.8, 4) is 5.88 Å². The summed E-state index contributed by atoms with van der Waals surface area (Å²) in [4.78, 5) is 8.62. The number of hydrogen-bond donors (Lipinski definition) is 2. The Labute approximate surface area is 109 Å². The van der Waals surface area contributed by atoms with Crippen LogP contribution >= 0.6 is 0 Å². The Kier molecular flexibility index (Phi) is 3.00. The van der Waals surface area contributed by atoms with E-state index in [1.165, 1.54) is 6.07 Å². The van der Waals surface area contributed by atoms with E-state index >= 15 is 0 Å². The molecule has 0 aliphatic carbocycles. The molecule has 0 saturated carbocycles. The lowest BCUT2D eigenvalue weighted by molar-refractivity contribution is 0.392. The summed E-state index contributed by atoms with van der Waals surface area (Å²) >= 11 is 0. The van der Waals surface area contributed by atoms with Gasteiger partial charge < -0.3 is 15.4 Å². The summed E-state index contributed by atoms with van der Waals surface area (Å²) in [6.07, 6.45) is 0. The Bertz CT molecular complexity index is 618. The van der Waals surface area contributed by atoms with Gasteiger partial charge in [0.25, 0.3) is 0 Å². The molecule has 2 N–H and O–H groups in total. The SMILES string of the molecule is COc1nc(Nc2ccccc2F)nc2c1CNC2. The predicted octanol–water partition coefficient (Wildman–Crippen LogP) is 1.97. The van der Waals surface area contributed by atoms with Crippen LogP contribution in [-0.2, 0) is 13.1 Å². The van der Waals surface area contributed by atoms with E-state index in [1.54, 1.807) is 25.3 Å². The van der Waals surface area contributed by atoms with Crippen molar-refractivity contribution in [2.24, 2.45) is 0 Å². The quantitative estimate of drug-likeness (QED) is 0.883. The van der Waals surface area contributed by atoms with E-state index in [4.69, 9.17) is 4.74 Å². The van der Waals surface area contributed by atoms with E-state index in [0.29, 0.717) is 30.6 Å². The van der Waals surface area contributed by atoms with Crippen molar-refractivity contribution in [1.82, 2.24) is 15.3 Å². The number of benzene rings is 1. The average molecular weight is 260 g/mol. The molecule has 1 aromatic carbocycles. The first-order valence-corrected chi connectivity index (χ1v) is 5.94. The molecular weight excluding hydrogens is 247 g/mol. The highest BCUT2D eigenvalue weighted by Gasteiger charge is 2.19. The summed E-state index contributed by atoms with van der Waals surface area (Å²) in [5.41, 5.74) is 2.18. The van der Waals surface area contributed by atoms with Crippen LogP contribution in [-0.4, -0.2) is 17.1 Å². The summed E-state index contributed by atoms with van der Waals surface area (Å²) in [5.74, 6) is 0.516. The van der Waals surface area contributed by atoms with Crippen LogP contribution in [0, 0.1) is 5.82 Å². The second-order valence-corrected chi connectivity index (χ2v) is 4.19. The van der Waals surface area contributed by atoms with Gasteiger partial charge in [-0.25, -0.2) is 9.37 Å². The number of para-hydroxylation sites is 1. The van der Waals surface area contributed by atoms with Crippen LogP contribution in [0.4, 0.5) is 16.0 Å². The number of hydrogen-bond acceptors (Lipinski definition) is 5. The molecule has 1 aliphatic rings. The van der Waals surface area contributed by atoms with E-state index in [9.17, 15) is 4.39 Å². The zero-order valence-electron chi connectivity index (χ0n) is 10.4. The summed E-state index contributed by atoms with van der Waals surface area (Å²) in [6.45, 7) is 1.36. The summed E-state index contributed by atoms with van der Waals surface area (Å²) in [7, 11) is 1.56. The molecule has 0 radical (unpaired) electrons. The molecule has 5 nitrogen and oxygen atoms in total. The van der Waals surface area contributed by atoms with Gasteiger partial charge in [-0.2, -0.15) is 4.98 Å². The minimum atomic E-state index is -0.344. The van der Waals surface area contributed by atoms with Crippen molar-refractivity contribution in [2.45, 2.75) is 13.1 Å². The molecule has 0 bridgehead atoms. The first-order chi connectivity index (χ1) is 9.28. The molecule has 0 unspecified atom stereocenters. The number of ether oxygens (including phenoxy) is 1. The number of anilines is 2. The largest absolute Gasteiger partial charge is 0.481 e. The second-order valence-electron chi connectivity index (χ2n) is 4.19. The zero-order chi connectivity index (χ0) is 13.2. The normalized spacial score (nSPS) is 13.2. The summed E-state index contributed by atoms with van der Waals surface area (Å²) in [5, 5.41) is 6.05. The van der Waals surface area contributed by atoms with E-state index in [1.807, 2.05) is 0 Å². The Morgan fingerprint density at radius 3 is 2.89 bits per heavy atom. The Hall–Kier alpha value is -2.21. The highest BCUT2D eigenvalue weighted by atomic mass is 19.1. The number of rotatable bonds is 3. The molecule has 0 amide bonds. The number of nitrogens with zero attached hydrogens (tertiary/aromatic N) is 2. The third kappa shape index (κ3) is 2.22. The molecule has 1 aromatic heterocycles. The summed E-state index contributed by atoms with van der Waals surface area (Å²) in [6, 6.07) is 6.40. The van der Waals surface area contributed by atoms with Gasteiger partial charge in [0.05, 0.1) is 24.1 Å². The van der Waals surface area contributed by atoms with Crippen LogP contribution in [0.1, 0.15) is 11.3 Å². The molecule has 1 aliphatic heterocycles. The molecule has 0 spiro atoms. The highest BCUT2D eigenvalue weighted by Crippen LogP contribution is 2.26. The fraction of sp³-hybridized carbons (Fsp3) is 0.231. The molecule has 2 aromatic rings. The molecular formula is C13H13FN4O. The smallest absolute Gasteiger partial charge is 0.230 e. The van der Waals surface area contributed by atoms with E-state index in [0.717, 1.165) is 11.3 Å². The zero-order valence-corrected chi connectivity index (χ0v) is 10.4. The monoisotopic (exact) mass is 260 g/mol. The Morgan fingerprint density at radius 2 is 2.11 bits per heavy atom. The van der Waals surface area contributed by atoms with Crippen molar-refractivity contribution in [2.75, 3.05) is 12.4 Å². The van der Waals surface area contributed by atoms with Gasteiger partial charge in [0.2, 0.25) is 11.8 Å². The Morgan fingerprint density at radius 1 is 1.26 bits per heavy atom. The molecule has 3 rings (SSSR count). The van der Waals surface area contributed by atoms with Crippen molar-refractivity contribution in [3.05, 3.63) is 41.3 Å². The average Bonchev–Trinajstić information content (AvgIpc) is 2.89. The number of methoxy groups -OCH3 is 1. The van der Waals surface area contributed by atoms with Crippen molar-refractivity contribution < 1.29 is 9.13 Å². The predicted molar refractivity (Wildman–Crippen MR) is 68.8 cm³/mol. The molecule has 6 heteroatoms. The summed E-state index contributed by atoms with van der Waals surface area (Å²) < 4.78 is 18.8. The van der Waals surface area contributed by atoms with E-state index in [2.05, 4.69) is 20.6 Å². The van der Waals surface area contributed by atoms with Crippen molar-refractivity contribution in [1.29, 1.82) is 0 Å². The van der Waals surface area contributed by atoms with Gasteiger partial charge in [-0.3, -0.25) is 0 Å². The highest BCUT2D eigenvalue weighted by molar-refractivity contribution is 5.55. The van der Waals surface area contributed by atoms with Gasteiger partial charge in [0, 0.05) is 13.1 Å². The Balaban J connectivity index is 1.96. The van der Waals surface area contributed by atoms with Crippen LogP contribution in [0.2, 0.25) is 0 Å². The van der Waals surface area contributed by atoms with Crippen molar-refractivity contribution in [3.63, 3.8) is 0 Å². The molecule has 0 atom stereocenters. The van der Waals surface area contributed by atoms with Gasteiger partial charge in [-0.15, -0.1) is 0 Å². The van der Waals surface area contributed by atoms with Gasteiger partial charge in [0.1, 0.15) is 5.82 Å². The topological polar surface area (TPSA) is 59.1 Å². The maximum atomic E-state index is 13.6. The minimum absolute atomic E-state index is 0.337. The molecule has 0 saturated heterocycles. The van der Waals surface area contributed by atoms with Crippen LogP contribution in [0.25, 0.3) is 0 Å². The lowest BCUT2D eigenvalue weighted by atomic mass is 10.2. The standard InChI is InChI=1S/C13H13FN4O/c1-19-12-8-6-15-7-11(8)17-13(18-12)16-10-5-3-2-4-9(10)14/h2-5,15H,6-7H2,1H3,(H,16,17,18). The number of fused-ring (bicyclic) bond motifs is 1. The van der Waals surface area contributed by atoms with Crippen LogP contribution in [0.5, 0.6) is 5.88 Å². The molecule has 98 valence electrons. The third-order valence-electron chi connectivity index (χ3n) is 2.96. The fourth-order valence-corrected chi connectivity index (χ4v) is 2.04. The van der Waals surface area contributed by atoms with Gasteiger partial charge in [0.15, 0.2) is 0 Å². The fourth-order valence-electron chi connectivity index (χ4n) is 2.04. The van der Waals surface area contributed by atoms with Crippen LogP contribution in [0.15, 0.2) is 24.3 Å². The maximum Gasteiger partial charge on any atom is 0.230 e. The molecule has 2 heterocycles. The maximum absolute atomic E-state index is 13.6. The third-order valence-corrected chi connectivity index (χ3v) is 2.96. The lowest BCUT2D eigenvalue weighted by Crippen LogP contribution is -2.04. The van der Waals surface area contributed by atoms with Crippen LogP contribution in [0.3, 0.4) is 0 Å². The first-order valence-electron chi connectivity index (χ1n) is 5.94.